The number of halogens is 1. The zero-order valence-electron chi connectivity index (χ0n) is 13.3. The number of nitrogens with one attached hydrogen (secondary N) is 1. The second kappa shape index (κ2) is 7.64. The van der Waals surface area contributed by atoms with E-state index < -0.39 is 6.10 Å². The number of alkyl halides is 1. The highest BCUT2D eigenvalue weighted by molar-refractivity contribution is 6.18. The maximum absolute atomic E-state index is 12.6. The Morgan fingerprint density at radius 3 is 2.92 bits per heavy atom. The number of aliphatic hydroxyl groups excluding tert-OH is 1. The molecule has 0 bridgehead atoms. The van der Waals surface area contributed by atoms with Crippen molar-refractivity contribution in [1.29, 1.82) is 0 Å². The van der Waals surface area contributed by atoms with Gasteiger partial charge in [0.05, 0.1) is 12.0 Å². The molecular formula is C18H20ClN3O2. The second-order valence-electron chi connectivity index (χ2n) is 5.82. The van der Waals surface area contributed by atoms with Gasteiger partial charge in [-0.25, -0.2) is 0 Å². The van der Waals surface area contributed by atoms with Gasteiger partial charge in [0.15, 0.2) is 0 Å². The summed E-state index contributed by atoms with van der Waals surface area (Å²) in [6.07, 6.45) is 1.88. The average Bonchev–Trinajstić information content (AvgIpc) is 2.95. The minimum Gasteiger partial charge on any atom is -0.390 e. The van der Waals surface area contributed by atoms with Crippen LogP contribution < -0.4 is 5.32 Å². The summed E-state index contributed by atoms with van der Waals surface area (Å²) in [5.74, 6) is 0.222. The third-order valence-electron chi connectivity index (χ3n) is 4.11. The van der Waals surface area contributed by atoms with Crippen LogP contribution in [0.5, 0.6) is 0 Å². The summed E-state index contributed by atoms with van der Waals surface area (Å²) in [6, 6.07) is 11.4. The van der Waals surface area contributed by atoms with Gasteiger partial charge in [-0.2, -0.15) is 0 Å². The number of aromatic nitrogens is 1. The number of hydrogen-bond donors (Lipinski definition) is 2. The summed E-state index contributed by atoms with van der Waals surface area (Å²) in [5.41, 5.74) is 3.56. The molecule has 0 saturated heterocycles. The van der Waals surface area contributed by atoms with Crippen LogP contribution in [0.15, 0.2) is 42.6 Å². The molecule has 0 radical (unpaired) electrons. The third-order valence-corrected chi connectivity index (χ3v) is 4.47. The van der Waals surface area contributed by atoms with Gasteiger partial charge in [-0.3, -0.25) is 9.78 Å². The Bertz CT molecular complexity index is 709. The van der Waals surface area contributed by atoms with Gasteiger partial charge in [0, 0.05) is 54.8 Å². The number of carbonyl (C=O) groups is 1. The number of aliphatic hydroxyl groups is 1. The largest absolute Gasteiger partial charge is 0.390 e. The van der Waals surface area contributed by atoms with Crippen molar-refractivity contribution < 1.29 is 9.90 Å². The maximum Gasteiger partial charge on any atom is 0.254 e. The summed E-state index contributed by atoms with van der Waals surface area (Å²) < 4.78 is 0. The van der Waals surface area contributed by atoms with Crippen molar-refractivity contribution in [2.75, 3.05) is 24.3 Å². The molecule has 1 aromatic heterocycles. The van der Waals surface area contributed by atoms with Crippen molar-refractivity contribution in [2.24, 2.45) is 0 Å². The first kappa shape index (κ1) is 16.7. The standard InChI is InChI=1S/C18H20ClN3O2/c19-10-14(23)11-21-17-6-3-5-15-16(17)12-22(18(15)24)9-7-13-4-1-2-8-20-13/h1-6,8,14,21,23H,7,9-12H2. The summed E-state index contributed by atoms with van der Waals surface area (Å²) in [4.78, 5) is 18.7. The van der Waals surface area contributed by atoms with Crippen molar-refractivity contribution in [3.05, 3.63) is 59.4 Å². The van der Waals surface area contributed by atoms with Crippen molar-refractivity contribution in [2.45, 2.75) is 19.1 Å². The molecule has 1 aliphatic heterocycles. The molecule has 6 heteroatoms. The lowest BCUT2D eigenvalue weighted by Gasteiger charge is -2.16. The Kier molecular flexibility index (Phi) is 5.33. The monoisotopic (exact) mass is 345 g/mol. The Labute approximate surface area is 146 Å². The van der Waals surface area contributed by atoms with Gasteiger partial charge >= 0.3 is 0 Å². The number of carbonyl (C=O) groups excluding carboxylic acids is 1. The van der Waals surface area contributed by atoms with Crippen LogP contribution in [0, 0.1) is 0 Å². The highest BCUT2D eigenvalue weighted by Gasteiger charge is 2.29. The molecule has 1 atom stereocenters. The molecule has 2 N–H and O–H groups in total. The van der Waals surface area contributed by atoms with Gasteiger partial charge in [0.1, 0.15) is 0 Å². The van der Waals surface area contributed by atoms with E-state index in [0.29, 0.717) is 19.6 Å². The number of nitrogens with zero attached hydrogens (tertiary/aromatic N) is 2. The summed E-state index contributed by atoms with van der Waals surface area (Å²) >= 11 is 5.62. The van der Waals surface area contributed by atoms with Gasteiger partial charge < -0.3 is 15.3 Å². The summed E-state index contributed by atoms with van der Waals surface area (Å²) in [6.45, 7) is 1.57. The number of hydrogen-bond acceptors (Lipinski definition) is 4. The number of pyridine rings is 1. The quantitative estimate of drug-likeness (QED) is 0.756. The zero-order valence-corrected chi connectivity index (χ0v) is 14.0. The Morgan fingerprint density at radius 1 is 1.29 bits per heavy atom. The van der Waals surface area contributed by atoms with Crippen molar-refractivity contribution in [3.8, 4) is 0 Å². The topological polar surface area (TPSA) is 65.5 Å². The molecule has 1 aliphatic rings. The highest BCUT2D eigenvalue weighted by atomic mass is 35.5. The summed E-state index contributed by atoms with van der Waals surface area (Å²) in [5, 5.41) is 12.8. The molecule has 126 valence electrons. The molecule has 5 nitrogen and oxygen atoms in total. The molecular weight excluding hydrogens is 326 g/mol. The molecule has 24 heavy (non-hydrogen) atoms. The van der Waals surface area contributed by atoms with Gasteiger partial charge in [-0.05, 0) is 24.3 Å². The lowest BCUT2D eigenvalue weighted by atomic mass is 10.1. The lowest BCUT2D eigenvalue weighted by Crippen LogP contribution is -2.26. The van der Waals surface area contributed by atoms with Crippen LogP contribution in [0.3, 0.4) is 0 Å². The fourth-order valence-electron chi connectivity index (χ4n) is 2.81. The molecule has 0 saturated carbocycles. The zero-order chi connectivity index (χ0) is 16.9. The van der Waals surface area contributed by atoms with Gasteiger partial charge in [-0.1, -0.05) is 12.1 Å². The van der Waals surface area contributed by atoms with Crippen molar-refractivity contribution in [1.82, 2.24) is 9.88 Å². The second-order valence-corrected chi connectivity index (χ2v) is 6.13. The van der Waals surface area contributed by atoms with E-state index >= 15 is 0 Å². The van der Waals surface area contributed by atoms with E-state index in [1.807, 2.05) is 41.3 Å². The number of benzene rings is 1. The number of rotatable bonds is 7. The number of anilines is 1. The average molecular weight is 346 g/mol. The van der Waals surface area contributed by atoms with E-state index in [4.69, 9.17) is 11.6 Å². The number of fused-ring (bicyclic) bond motifs is 1. The van der Waals surface area contributed by atoms with Crippen molar-refractivity contribution >= 4 is 23.2 Å². The van der Waals surface area contributed by atoms with E-state index in [9.17, 15) is 9.90 Å². The first-order valence-electron chi connectivity index (χ1n) is 7.98. The minimum absolute atomic E-state index is 0.0440. The van der Waals surface area contributed by atoms with Crippen LogP contribution in [0.25, 0.3) is 0 Å². The molecule has 0 aliphatic carbocycles. The van der Waals surface area contributed by atoms with Gasteiger partial charge in [0.2, 0.25) is 0 Å². The maximum atomic E-state index is 12.6. The highest BCUT2D eigenvalue weighted by Crippen LogP contribution is 2.29. The van der Waals surface area contributed by atoms with E-state index in [2.05, 4.69) is 10.3 Å². The Hall–Kier alpha value is -2.11. The van der Waals surface area contributed by atoms with Gasteiger partial charge in [0.25, 0.3) is 5.91 Å². The first-order valence-corrected chi connectivity index (χ1v) is 8.51. The Morgan fingerprint density at radius 2 is 2.17 bits per heavy atom. The molecule has 0 spiro atoms. The van der Waals surface area contributed by atoms with Crippen LogP contribution in [-0.2, 0) is 13.0 Å². The Balaban J connectivity index is 1.68. The number of amides is 1. The minimum atomic E-state index is -0.611. The molecule has 3 rings (SSSR count). The van der Waals surface area contributed by atoms with E-state index in [0.717, 1.165) is 28.9 Å². The van der Waals surface area contributed by atoms with Crippen LogP contribution >= 0.6 is 11.6 Å². The molecule has 2 heterocycles. The van der Waals surface area contributed by atoms with Crippen LogP contribution in [0.2, 0.25) is 0 Å². The van der Waals surface area contributed by atoms with E-state index in [-0.39, 0.29) is 11.8 Å². The predicted molar refractivity (Wildman–Crippen MR) is 94.3 cm³/mol. The van der Waals surface area contributed by atoms with Crippen LogP contribution in [-0.4, -0.2) is 46.0 Å². The fourth-order valence-corrected chi connectivity index (χ4v) is 2.92. The van der Waals surface area contributed by atoms with Crippen molar-refractivity contribution in [3.63, 3.8) is 0 Å². The molecule has 0 fully saturated rings. The van der Waals surface area contributed by atoms with Crippen LogP contribution in [0.4, 0.5) is 5.69 Å². The fraction of sp³-hybridized carbons (Fsp3) is 0.333. The molecule has 1 amide bonds. The molecule has 1 unspecified atom stereocenters. The lowest BCUT2D eigenvalue weighted by molar-refractivity contribution is 0.0780. The molecule has 1 aromatic carbocycles. The first-order chi connectivity index (χ1) is 11.7. The smallest absolute Gasteiger partial charge is 0.254 e. The van der Waals surface area contributed by atoms with Gasteiger partial charge in [-0.15, -0.1) is 11.6 Å². The SMILES string of the molecule is O=C1c2cccc(NCC(O)CCl)c2CN1CCc1ccccn1. The van der Waals surface area contributed by atoms with E-state index in [1.165, 1.54) is 0 Å². The molecule has 2 aromatic rings. The summed E-state index contributed by atoms with van der Waals surface area (Å²) in [7, 11) is 0. The van der Waals surface area contributed by atoms with Crippen LogP contribution in [0.1, 0.15) is 21.6 Å². The van der Waals surface area contributed by atoms with E-state index in [1.54, 1.807) is 6.20 Å². The third kappa shape index (κ3) is 3.68. The normalized spacial score (nSPS) is 14.6. The predicted octanol–water partition coefficient (Wildman–Crippen LogP) is 2.29.